The van der Waals surface area contributed by atoms with Crippen molar-refractivity contribution in [2.75, 3.05) is 6.61 Å². The van der Waals surface area contributed by atoms with Gasteiger partial charge in [-0.1, -0.05) is 30.8 Å². The van der Waals surface area contributed by atoms with Crippen LogP contribution >= 0.6 is 23.1 Å². The molecule has 0 aromatic carbocycles. The first-order valence-corrected chi connectivity index (χ1v) is 13.0. The van der Waals surface area contributed by atoms with Crippen molar-refractivity contribution in [3.05, 3.63) is 32.5 Å². The standard InChI is InChI=1S/C22H28N4O3S2/c1-13(2)10-18-23-17(25-29-18)12-30-22-24-20-19(15-7-3-4-8-16(15)31-20)21(27)26(22)11-14-6-5-9-28-14/h13-14H,3-12H2,1-2H3. The summed E-state index contributed by atoms with van der Waals surface area (Å²) in [5.41, 5.74) is 1.31. The first-order chi connectivity index (χ1) is 15.1. The molecule has 0 spiro atoms. The lowest BCUT2D eigenvalue weighted by atomic mass is 9.97. The maximum Gasteiger partial charge on any atom is 0.263 e. The number of aryl methyl sites for hydroxylation is 2. The number of thioether (sulfide) groups is 1. The van der Waals surface area contributed by atoms with Crippen molar-refractivity contribution in [2.45, 2.75) is 82.4 Å². The van der Waals surface area contributed by atoms with Gasteiger partial charge in [0.05, 0.1) is 23.8 Å². The molecule has 1 aliphatic heterocycles. The van der Waals surface area contributed by atoms with Crippen molar-refractivity contribution in [2.24, 2.45) is 5.92 Å². The van der Waals surface area contributed by atoms with E-state index in [2.05, 4.69) is 24.0 Å². The first kappa shape index (κ1) is 21.2. The lowest BCUT2D eigenvalue weighted by Gasteiger charge is -2.16. The van der Waals surface area contributed by atoms with Crippen molar-refractivity contribution in [3.63, 3.8) is 0 Å². The van der Waals surface area contributed by atoms with Crippen LogP contribution in [-0.4, -0.2) is 32.4 Å². The molecule has 166 valence electrons. The zero-order valence-electron chi connectivity index (χ0n) is 18.1. The number of aromatic nitrogens is 4. The summed E-state index contributed by atoms with van der Waals surface area (Å²) in [6.45, 7) is 5.58. The Morgan fingerprint density at radius 2 is 2.10 bits per heavy atom. The van der Waals surface area contributed by atoms with Gasteiger partial charge in [0.1, 0.15) is 4.83 Å². The van der Waals surface area contributed by atoms with Crippen LogP contribution in [0.15, 0.2) is 14.5 Å². The number of thiophene rings is 1. The number of rotatable bonds is 7. The quantitative estimate of drug-likeness (QED) is 0.382. The van der Waals surface area contributed by atoms with E-state index >= 15 is 0 Å². The monoisotopic (exact) mass is 460 g/mol. The minimum atomic E-state index is 0.0774. The van der Waals surface area contributed by atoms with Gasteiger partial charge in [-0.25, -0.2) is 4.98 Å². The molecule has 1 fully saturated rings. The molecule has 0 N–H and O–H groups in total. The van der Waals surface area contributed by atoms with Gasteiger partial charge in [0.2, 0.25) is 5.89 Å². The number of hydrogen-bond acceptors (Lipinski definition) is 8. The molecule has 7 nitrogen and oxygen atoms in total. The number of ether oxygens (including phenoxy) is 1. The van der Waals surface area contributed by atoms with E-state index in [1.54, 1.807) is 11.3 Å². The van der Waals surface area contributed by atoms with Crippen LogP contribution in [0, 0.1) is 5.92 Å². The second-order valence-corrected chi connectivity index (χ2v) is 10.9. The summed E-state index contributed by atoms with van der Waals surface area (Å²) in [4.78, 5) is 25.3. The van der Waals surface area contributed by atoms with Crippen LogP contribution in [0.5, 0.6) is 0 Å². The Hall–Kier alpha value is -1.71. The van der Waals surface area contributed by atoms with E-state index in [0.717, 1.165) is 60.5 Å². The Morgan fingerprint density at radius 1 is 1.23 bits per heavy atom. The van der Waals surface area contributed by atoms with E-state index in [0.29, 0.717) is 29.9 Å². The molecule has 31 heavy (non-hydrogen) atoms. The maximum absolute atomic E-state index is 13.6. The fourth-order valence-electron chi connectivity index (χ4n) is 4.39. The van der Waals surface area contributed by atoms with E-state index in [-0.39, 0.29) is 11.7 Å². The van der Waals surface area contributed by atoms with Crippen LogP contribution in [0.2, 0.25) is 0 Å². The number of hydrogen-bond donors (Lipinski definition) is 0. The van der Waals surface area contributed by atoms with Crippen LogP contribution < -0.4 is 5.56 Å². The molecule has 1 aliphatic carbocycles. The van der Waals surface area contributed by atoms with Crippen LogP contribution in [-0.2, 0) is 36.3 Å². The van der Waals surface area contributed by atoms with Gasteiger partial charge in [-0.2, -0.15) is 4.98 Å². The SMILES string of the molecule is CC(C)Cc1nc(CSc2nc3sc4c(c3c(=O)n2CC2CCCO2)CCCC4)no1. The first-order valence-electron chi connectivity index (χ1n) is 11.2. The molecule has 3 aromatic rings. The predicted molar refractivity (Wildman–Crippen MR) is 122 cm³/mol. The second kappa shape index (κ2) is 9.03. The Kier molecular flexibility index (Phi) is 6.16. The van der Waals surface area contributed by atoms with Gasteiger partial charge >= 0.3 is 0 Å². The summed E-state index contributed by atoms with van der Waals surface area (Å²) in [5, 5.41) is 5.67. The zero-order chi connectivity index (χ0) is 21.4. The Labute approximate surface area is 189 Å². The van der Waals surface area contributed by atoms with Gasteiger partial charge in [-0.3, -0.25) is 9.36 Å². The van der Waals surface area contributed by atoms with Crippen molar-refractivity contribution in [1.82, 2.24) is 19.7 Å². The highest BCUT2D eigenvalue weighted by Gasteiger charge is 2.25. The Bertz CT molecular complexity index is 1130. The highest BCUT2D eigenvalue weighted by atomic mass is 32.2. The van der Waals surface area contributed by atoms with Crippen LogP contribution in [0.3, 0.4) is 0 Å². The molecule has 5 rings (SSSR count). The third kappa shape index (κ3) is 4.45. The number of fused-ring (bicyclic) bond motifs is 3. The van der Waals surface area contributed by atoms with E-state index in [4.69, 9.17) is 14.2 Å². The van der Waals surface area contributed by atoms with Crippen molar-refractivity contribution in [1.29, 1.82) is 0 Å². The molecule has 1 unspecified atom stereocenters. The summed E-state index contributed by atoms with van der Waals surface area (Å²) in [7, 11) is 0. The van der Waals surface area contributed by atoms with Crippen molar-refractivity contribution in [3.8, 4) is 0 Å². The lowest BCUT2D eigenvalue weighted by Crippen LogP contribution is -2.29. The van der Waals surface area contributed by atoms with Gasteiger partial charge in [-0.05, 0) is 50.0 Å². The van der Waals surface area contributed by atoms with Gasteiger partial charge in [-0.15, -0.1) is 11.3 Å². The zero-order valence-corrected chi connectivity index (χ0v) is 19.7. The predicted octanol–water partition coefficient (Wildman–Crippen LogP) is 4.39. The smallest absolute Gasteiger partial charge is 0.263 e. The fourth-order valence-corrected chi connectivity index (χ4v) is 6.55. The molecule has 1 atom stereocenters. The largest absolute Gasteiger partial charge is 0.376 e. The molecule has 0 radical (unpaired) electrons. The van der Waals surface area contributed by atoms with E-state index in [1.165, 1.54) is 28.6 Å². The van der Waals surface area contributed by atoms with Crippen LogP contribution in [0.1, 0.15) is 61.7 Å². The molecular formula is C22H28N4O3S2. The molecule has 1 saturated heterocycles. The Morgan fingerprint density at radius 3 is 2.90 bits per heavy atom. The lowest BCUT2D eigenvalue weighted by molar-refractivity contribution is 0.0937. The maximum atomic E-state index is 13.6. The van der Waals surface area contributed by atoms with Gasteiger partial charge in [0.15, 0.2) is 11.0 Å². The highest BCUT2D eigenvalue weighted by Crippen LogP contribution is 2.35. The molecule has 3 aromatic heterocycles. The van der Waals surface area contributed by atoms with E-state index < -0.39 is 0 Å². The van der Waals surface area contributed by atoms with Crippen LogP contribution in [0.25, 0.3) is 10.2 Å². The average molecular weight is 461 g/mol. The minimum Gasteiger partial charge on any atom is -0.376 e. The summed E-state index contributed by atoms with van der Waals surface area (Å²) in [6.07, 6.45) is 7.28. The van der Waals surface area contributed by atoms with E-state index in [1.807, 2.05) is 4.57 Å². The molecular weight excluding hydrogens is 432 g/mol. The summed E-state index contributed by atoms with van der Waals surface area (Å²) >= 11 is 3.20. The third-order valence-electron chi connectivity index (χ3n) is 5.87. The van der Waals surface area contributed by atoms with Gasteiger partial charge in [0, 0.05) is 17.9 Å². The molecule has 4 heterocycles. The topological polar surface area (TPSA) is 83.0 Å². The minimum absolute atomic E-state index is 0.0774. The normalized spacial score (nSPS) is 18.9. The Balaban J connectivity index is 1.47. The van der Waals surface area contributed by atoms with Crippen LogP contribution in [0.4, 0.5) is 0 Å². The highest BCUT2D eigenvalue weighted by molar-refractivity contribution is 7.98. The van der Waals surface area contributed by atoms with Crippen molar-refractivity contribution < 1.29 is 9.26 Å². The fraction of sp³-hybridized carbons (Fsp3) is 0.636. The summed E-state index contributed by atoms with van der Waals surface area (Å²) < 4.78 is 13.0. The molecule has 0 saturated carbocycles. The molecule has 2 aliphatic rings. The van der Waals surface area contributed by atoms with Crippen molar-refractivity contribution >= 4 is 33.3 Å². The second-order valence-electron chi connectivity index (χ2n) is 8.83. The van der Waals surface area contributed by atoms with E-state index in [9.17, 15) is 4.79 Å². The molecule has 9 heteroatoms. The summed E-state index contributed by atoms with van der Waals surface area (Å²) in [6, 6.07) is 0. The summed E-state index contributed by atoms with van der Waals surface area (Å²) in [5.74, 6) is 2.29. The van der Waals surface area contributed by atoms with Gasteiger partial charge < -0.3 is 9.26 Å². The number of nitrogens with zero attached hydrogens (tertiary/aromatic N) is 4. The average Bonchev–Trinajstić information content (AvgIpc) is 3.48. The van der Waals surface area contributed by atoms with Gasteiger partial charge in [0.25, 0.3) is 5.56 Å². The third-order valence-corrected chi connectivity index (χ3v) is 8.03. The molecule has 0 bridgehead atoms. The molecule has 0 amide bonds.